The second kappa shape index (κ2) is 7.39. The van der Waals surface area contributed by atoms with Crippen molar-refractivity contribution in [1.29, 1.82) is 0 Å². The highest BCUT2D eigenvalue weighted by atomic mass is 79.9. The lowest BCUT2D eigenvalue weighted by Gasteiger charge is -2.34. The molecule has 0 aromatic carbocycles. The van der Waals surface area contributed by atoms with E-state index in [9.17, 15) is 0 Å². The van der Waals surface area contributed by atoms with Gasteiger partial charge in [0.25, 0.3) is 0 Å². The standard InChI is InChI=1S/C16H25BrN2/c1-3-12-6-5-7-13(10-12)16(18-4-2)15-9-8-14(17)11-19-15/h8-9,11-13,16,18H,3-7,10H2,1-2H3. The zero-order valence-corrected chi connectivity index (χ0v) is 13.6. The molecule has 3 heteroatoms. The molecule has 1 aromatic heterocycles. The van der Waals surface area contributed by atoms with E-state index in [0.717, 1.165) is 22.9 Å². The van der Waals surface area contributed by atoms with Crippen LogP contribution in [0.25, 0.3) is 0 Å². The average Bonchev–Trinajstić information content (AvgIpc) is 2.46. The van der Waals surface area contributed by atoms with Gasteiger partial charge < -0.3 is 5.32 Å². The first-order valence-corrected chi connectivity index (χ1v) is 8.38. The number of hydrogen-bond donors (Lipinski definition) is 1. The number of rotatable bonds is 5. The molecule has 0 aliphatic heterocycles. The summed E-state index contributed by atoms with van der Waals surface area (Å²) in [4.78, 5) is 4.61. The fourth-order valence-electron chi connectivity index (χ4n) is 3.31. The SMILES string of the molecule is CCNC(c1ccc(Br)cn1)C1CCCC(CC)C1. The smallest absolute Gasteiger partial charge is 0.0576 e. The van der Waals surface area contributed by atoms with Gasteiger partial charge in [-0.1, -0.05) is 33.1 Å². The van der Waals surface area contributed by atoms with Gasteiger partial charge in [-0.15, -0.1) is 0 Å². The molecule has 0 spiro atoms. The van der Waals surface area contributed by atoms with Gasteiger partial charge >= 0.3 is 0 Å². The number of pyridine rings is 1. The van der Waals surface area contributed by atoms with E-state index in [4.69, 9.17) is 0 Å². The monoisotopic (exact) mass is 324 g/mol. The van der Waals surface area contributed by atoms with Gasteiger partial charge in [0.15, 0.2) is 0 Å². The van der Waals surface area contributed by atoms with Crippen molar-refractivity contribution < 1.29 is 0 Å². The third kappa shape index (κ3) is 4.03. The molecule has 2 rings (SSSR count). The summed E-state index contributed by atoms with van der Waals surface area (Å²) in [6.07, 6.45) is 8.72. The van der Waals surface area contributed by atoms with Crippen LogP contribution in [-0.2, 0) is 0 Å². The highest BCUT2D eigenvalue weighted by Crippen LogP contribution is 2.38. The molecule has 0 bridgehead atoms. The Morgan fingerprint density at radius 1 is 1.37 bits per heavy atom. The minimum Gasteiger partial charge on any atom is -0.309 e. The maximum Gasteiger partial charge on any atom is 0.0576 e. The number of nitrogens with one attached hydrogen (secondary N) is 1. The van der Waals surface area contributed by atoms with Gasteiger partial charge in [-0.3, -0.25) is 4.98 Å². The van der Waals surface area contributed by atoms with E-state index in [2.05, 4.69) is 52.2 Å². The predicted molar refractivity (Wildman–Crippen MR) is 84.1 cm³/mol. The molecule has 1 fully saturated rings. The Hall–Kier alpha value is -0.410. The topological polar surface area (TPSA) is 24.9 Å². The van der Waals surface area contributed by atoms with Crippen molar-refractivity contribution >= 4 is 15.9 Å². The lowest BCUT2D eigenvalue weighted by molar-refractivity contribution is 0.208. The van der Waals surface area contributed by atoms with E-state index in [1.165, 1.54) is 37.8 Å². The molecule has 3 atom stereocenters. The second-order valence-electron chi connectivity index (χ2n) is 5.64. The van der Waals surface area contributed by atoms with Gasteiger partial charge in [-0.25, -0.2) is 0 Å². The van der Waals surface area contributed by atoms with Crippen molar-refractivity contribution in [3.8, 4) is 0 Å². The van der Waals surface area contributed by atoms with Crippen LogP contribution in [0.3, 0.4) is 0 Å². The summed E-state index contributed by atoms with van der Waals surface area (Å²) in [6, 6.07) is 4.69. The minimum absolute atomic E-state index is 0.424. The Kier molecular flexibility index (Phi) is 5.83. The summed E-state index contributed by atoms with van der Waals surface area (Å²) in [5, 5.41) is 3.65. The number of hydrogen-bond acceptors (Lipinski definition) is 2. The molecule has 2 nitrogen and oxygen atoms in total. The predicted octanol–water partition coefficient (Wildman–Crippen LogP) is 4.71. The van der Waals surface area contributed by atoms with Crippen molar-refractivity contribution in [3.05, 3.63) is 28.5 Å². The summed E-state index contributed by atoms with van der Waals surface area (Å²) in [5.74, 6) is 1.66. The molecule has 0 radical (unpaired) electrons. The highest BCUT2D eigenvalue weighted by Gasteiger charge is 2.28. The number of nitrogens with zero attached hydrogens (tertiary/aromatic N) is 1. The molecule has 0 amide bonds. The van der Waals surface area contributed by atoms with Gasteiger partial charge in [0.05, 0.1) is 11.7 Å². The Balaban J connectivity index is 2.12. The van der Waals surface area contributed by atoms with Gasteiger partial charge in [-0.2, -0.15) is 0 Å². The molecule has 1 aromatic rings. The van der Waals surface area contributed by atoms with Crippen molar-refractivity contribution in [2.75, 3.05) is 6.54 Å². The zero-order valence-electron chi connectivity index (χ0n) is 12.0. The largest absolute Gasteiger partial charge is 0.309 e. The van der Waals surface area contributed by atoms with Crippen LogP contribution in [0, 0.1) is 11.8 Å². The summed E-state index contributed by atoms with van der Waals surface area (Å²) < 4.78 is 1.06. The lowest BCUT2D eigenvalue weighted by Crippen LogP contribution is -2.32. The van der Waals surface area contributed by atoms with Crippen LogP contribution in [0.15, 0.2) is 22.8 Å². The van der Waals surface area contributed by atoms with E-state index >= 15 is 0 Å². The van der Waals surface area contributed by atoms with E-state index < -0.39 is 0 Å². The Labute approximate surface area is 125 Å². The quantitative estimate of drug-likeness (QED) is 0.848. The van der Waals surface area contributed by atoms with E-state index in [1.807, 2.05) is 6.20 Å². The first-order valence-electron chi connectivity index (χ1n) is 7.59. The third-order valence-corrected chi connectivity index (χ3v) is 4.83. The molecular weight excluding hydrogens is 300 g/mol. The van der Waals surface area contributed by atoms with Gasteiger partial charge in [0.2, 0.25) is 0 Å². The fraction of sp³-hybridized carbons (Fsp3) is 0.688. The summed E-state index contributed by atoms with van der Waals surface area (Å²) in [7, 11) is 0. The summed E-state index contributed by atoms with van der Waals surface area (Å²) in [5.41, 5.74) is 1.20. The van der Waals surface area contributed by atoms with E-state index in [-0.39, 0.29) is 0 Å². The van der Waals surface area contributed by atoms with Crippen molar-refractivity contribution in [3.63, 3.8) is 0 Å². The van der Waals surface area contributed by atoms with Crippen LogP contribution in [-0.4, -0.2) is 11.5 Å². The van der Waals surface area contributed by atoms with Crippen LogP contribution in [0.2, 0.25) is 0 Å². The van der Waals surface area contributed by atoms with Crippen LogP contribution in [0.5, 0.6) is 0 Å². The van der Waals surface area contributed by atoms with Crippen LogP contribution in [0.1, 0.15) is 57.7 Å². The molecule has 1 saturated carbocycles. The molecule has 1 N–H and O–H groups in total. The first-order chi connectivity index (χ1) is 9.24. The van der Waals surface area contributed by atoms with Crippen molar-refractivity contribution in [2.24, 2.45) is 11.8 Å². The van der Waals surface area contributed by atoms with Crippen LogP contribution < -0.4 is 5.32 Å². The Bertz CT molecular complexity index is 377. The second-order valence-corrected chi connectivity index (χ2v) is 6.55. The molecule has 0 saturated heterocycles. The van der Waals surface area contributed by atoms with Gasteiger partial charge in [-0.05, 0) is 59.3 Å². The minimum atomic E-state index is 0.424. The number of aromatic nitrogens is 1. The van der Waals surface area contributed by atoms with Crippen molar-refractivity contribution in [2.45, 2.75) is 52.0 Å². The molecular formula is C16H25BrN2. The Morgan fingerprint density at radius 3 is 2.84 bits per heavy atom. The van der Waals surface area contributed by atoms with E-state index in [0.29, 0.717) is 6.04 Å². The maximum atomic E-state index is 4.61. The summed E-state index contributed by atoms with van der Waals surface area (Å²) >= 11 is 3.47. The van der Waals surface area contributed by atoms with Crippen LogP contribution in [0.4, 0.5) is 0 Å². The van der Waals surface area contributed by atoms with Gasteiger partial charge in [0.1, 0.15) is 0 Å². The highest BCUT2D eigenvalue weighted by molar-refractivity contribution is 9.10. The third-order valence-electron chi connectivity index (χ3n) is 4.37. The van der Waals surface area contributed by atoms with E-state index in [1.54, 1.807) is 0 Å². The molecule has 19 heavy (non-hydrogen) atoms. The maximum absolute atomic E-state index is 4.61. The Morgan fingerprint density at radius 2 is 2.21 bits per heavy atom. The van der Waals surface area contributed by atoms with Crippen LogP contribution >= 0.6 is 15.9 Å². The molecule has 1 aliphatic rings. The molecule has 106 valence electrons. The summed E-state index contributed by atoms with van der Waals surface area (Å²) in [6.45, 7) is 5.52. The average molecular weight is 325 g/mol. The molecule has 3 unspecified atom stereocenters. The van der Waals surface area contributed by atoms with Gasteiger partial charge in [0, 0.05) is 10.7 Å². The van der Waals surface area contributed by atoms with Crippen molar-refractivity contribution in [1.82, 2.24) is 10.3 Å². The zero-order chi connectivity index (χ0) is 13.7. The fourth-order valence-corrected chi connectivity index (χ4v) is 3.54. The molecule has 1 heterocycles. The normalized spacial score (nSPS) is 25.2. The molecule has 1 aliphatic carbocycles. The number of halogens is 1. The first kappa shape index (κ1) is 15.0. The lowest BCUT2D eigenvalue weighted by atomic mass is 9.76.